The Morgan fingerprint density at radius 1 is 0.960 bits per heavy atom. The summed E-state index contributed by atoms with van der Waals surface area (Å²) in [6.07, 6.45) is 9.62. The van der Waals surface area contributed by atoms with E-state index in [0.717, 1.165) is 42.8 Å². The van der Waals surface area contributed by atoms with E-state index in [2.05, 4.69) is 60.4 Å². The molecule has 0 aliphatic rings. The summed E-state index contributed by atoms with van der Waals surface area (Å²) >= 11 is 0. The first kappa shape index (κ1) is 19.6. The van der Waals surface area contributed by atoms with Gasteiger partial charge in [0.05, 0.1) is 0 Å². The zero-order chi connectivity index (χ0) is 17.9. The Balaban J connectivity index is 2.11. The maximum Gasteiger partial charge on any atom is 0.119 e. The van der Waals surface area contributed by atoms with Crippen LogP contribution in [0.5, 0.6) is 0 Å². The predicted octanol–water partition coefficient (Wildman–Crippen LogP) is 6.00. The van der Waals surface area contributed by atoms with E-state index in [1.165, 1.54) is 37.7 Å². The van der Waals surface area contributed by atoms with Crippen LogP contribution >= 0.6 is 0 Å². The number of aromatic nitrogens is 3. The van der Waals surface area contributed by atoms with Crippen LogP contribution in [0.4, 0.5) is 0 Å². The van der Waals surface area contributed by atoms with Gasteiger partial charge in [0, 0.05) is 12.2 Å². The number of nitrogens with zero attached hydrogens (tertiary/aromatic N) is 2. The lowest BCUT2D eigenvalue weighted by Crippen LogP contribution is -2.08. The number of aromatic amines is 1. The average Bonchev–Trinajstić information content (AvgIpc) is 3.10. The lowest BCUT2D eigenvalue weighted by atomic mass is 9.99. The fourth-order valence-corrected chi connectivity index (χ4v) is 3.10. The summed E-state index contributed by atoms with van der Waals surface area (Å²) in [5.74, 6) is 0. The number of benzene rings is 1. The molecule has 1 atom stereocenters. The molecule has 0 saturated carbocycles. The van der Waals surface area contributed by atoms with Crippen LogP contribution in [0, 0.1) is 6.92 Å². The van der Waals surface area contributed by atoms with Crippen LogP contribution < -0.4 is 0 Å². The van der Waals surface area contributed by atoms with Gasteiger partial charge in [-0.3, -0.25) is 0 Å². The monoisotopic (exact) mass is 343 g/mol. The molecule has 0 spiro atoms. The van der Waals surface area contributed by atoms with E-state index in [0.29, 0.717) is 0 Å². The van der Waals surface area contributed by atoms with Crippen molar-refractivity contribution in [3.05, 3.63) is 35.5 Å². The van der Waals surface area contributed by atoms with Gasteiger partial charge >= 0.3 is 0 Å². The minimum absolute atomic E-state index is 0.0292. The largest absolute Gasteiger partial charge is 0.372 e. The summed E-state index contributed by atoms with van der Waals surface area (Å²) in [6, 6.07) is 8.34. The van der Waals surface area contributed by atoms with Crippen LogP contribution in [0.1, 0.15) is 82.6 Å². The SMILES string of the molecule is CCCCCCCC(OCCCC)c1n[nH]nc1-c1ccccc1C. The van der Waals surface area contributed by atoms with Crippen molar-refractivity contribution in [3.63, 3.8) is 0 Å². The first-order valence-electron chi connectivity index (χ1n) is 9.86. The highest BCUT2D eigenvalue weighted by Crippen LogP contribution is 2.31. The van der Waals surface area contributed by atoms with Crippen molar-refractivity contribution in [1.29, 1.82) is 0 Å². The van der Waals surface area contributed by atoms with E-state index < -0.39 is 0 Å². The summed E-state index contributed by atoms with van der Waals surface area (Å²) in [7, 11) is 0. The molecule has 1 unspecified atom stereocenters. The van der Waals surface area contributed by atoms with Gasteiger partial charge in [0.1, 0.15) is 17.5 Å². The minimum Gasteiger partial charge on any atom is -0.372 e. The summed E-state index contributed by atoms with van der Waals surface area (Å²) in [5.41, 5.74) is 4.25. The van der Waals surface area contributed by atoms with Crippen molar-refractivity contribution in [2.24, 2.45) is 0 Å². The lowest BCUT2D eigenvalue weighted by Gasteiger charge is -2.17. The minimum atomic E-state index is 0.0292. The quantitative estimate of drug-likeness (QED) is 0.481. The number of aryl methyl sites for hydroxylation is 1. The summed E-state index contributed by atoms with van der Waals surface area (Å²) in [5, 5.41) is 11.7. The van der Waals surface area contributed by atoms with E-state index >= 15 is 0 Å². The number of rotatable bonds is 12. The third-order valence-corrected chi connectivity index (χ3v) is 4.67. The molecule has 1 N–H and O–H groups in total. The summed E-state index contributed by atoms with van der Waals surface area (Å²) < 4.78 is 6.21. The fourth-order valence-electron chi connectivity index (χ4n) is 3.10. The number of unbranched alkanes of at least 4 members (excludes halogenated alkanes) is 5. The topological polar surface area (TPSA) is 50.8 Å². The third kappa shape index (κ3) is 5.96. The number of hydrogen-bond acceptors (Lipinski definition) is 3. The average molecular weight is 344 g/mol. The molecule has 0 bridgehead atoms. The van der Waals surface area contributed by atoms with Crippen LogP contribution in [-0.2, 0) is 4.74 Å². The zero-order valence-electron chi connectivity index (χ0n) is 16.1. The van der Waals surface area contributed by atoms with E-state index in [4.69, 9.17) is 4.74 Å². The smallest absolute Gasteiger partial charge is 0.119 e. The maximum atomic E-state index is 6.21. The Labute approximate surface area is 152 Å². The summed E-state index contributed by atoms with van der Waals surface area (Å²) in [4.78, 5) is 0. The van der Waals surface area contributed by atoms with Crippen molar-refractivity contribution in [2.45, 2.75) is 78.2 Å². The van der Waals surface area contributed by atoms with Gasteiger partial charge in [0.15, 0.2) is 0 Å². The van der Waals surface area contributed by atoms with E-state index in [1.807, 2.05) is 0 Å². The first-order chi connectivity index (χ1) is 12.3. The maximum absolute atomic E-state index is 6.21. The second-order valence-corrected chi connectivity index (χ2v) is 6.79. The molecule has 0 aliphatic carbocycles. The lowest BCUT2D eigenvalue weighted by molar-refractivity contribution is 0.0404. The molecule has 0 fully saturated rings. The molecule has 138 valence electrons. The van der Waals surface area contributed by atoms with Gasteiger partial charge in [-0.25, -0.2) is 0 Å². The fraction of sp³-hybridized carbons (Fsp3) is 0.619. The highest BCUT2D eigenvalue weighted by Gasteiger charge is 2.22. The van der Waals surface area contributed by atoms with Crippen molar-refractivity contribution >= 4 is 0 Å². The van der Waals surface area contributed by atoms with Crippen LogP contribution in [0.2, 0.25) is 0 Å². The molecular weight excluding hydrogens is 310 g/mol. The molecule has 2 rings (SSSR count). The highest BCUT2D eigenvalue weighted by atomic mass is 16.5. The molecule has 0 aliphatic heterocycles. The van der Waals surface area contributed by atoms with Gasteiger partial charge in [-0.2, -0.15) is 15.4 Å². The third-order valence-electron chi connectivity index (χ3n) is 4.67. The zero-order valence-corrected chi connectivity index (χ0v) is 16.1. The standard InChI is InChI=1S/C21H33N3O/c1-4-6-8-9-10-15-19(25-16-7-5-2)21-20(22-24-23-21)18-14-12-11-13-17(18)3/h11-14,19H,4-10,15-16H2,1-3H3,(H,22,23,24). The van der Waals surface area contributed by atoms with Gasteiger partial charge in [0.2, 0.25) is 0 Å². The summed E-state index contributed by atoms with van der Waals surface area (Å²) in [6.45, 7) is 7.35. The van der Waals surface area contributed by atoms with E-state index in [-0.39, 0.29) is 6.10 Å². The Kier molecular flexibility index (Phi) is 8.67. The number of H-pyrrole nitrogens is 1. The molecule has 1 heterocycles. The normalized spacial score (nSPS) is 12.4. The van der Waals surface area contributed by atoms with Gasteiger partial charge in [0.25, 0.3) is 0 Å². The molecule has 1 aromatic carbocycles. The molecule has 4 heteroatoms. The molecule has 0 radical (unpaired) electrons. The predicted molar refractivity (Wildman–Crippen MR) is 104 cm³/mol. The van der Waals surface area contributed by atoms with E-state index in [1.54, 1.807) is 0 Å². The molecule has 0 saturated heterocycles. The second-order valence-electron chi connectivity index (χ2n) is 6.79. The highest BCUT2D eigenvalue weighted by molar-refractivity contribution is 5.65. The van der Waals surface area contributed by atoms with Crippen molar-refractivity contribution in [3.8, 4) is 11.3 Å². The van der Waals surface area contributed by atoms with Crippen LogP contribution in [0.15, 0.2) is 24.3 Å². The molecule has 1 aromatic heterocycles. The van der Waals surface area contributed by atoms with Crippen LogP contribution in [-0.4, -0.2) is 22.0 Å². The Morgan fingerprint density at radius 2 is 1.72 bits per heavy atom. The Bertz CT molecular complexity index is 609. The van der Waals surface area contributed by atoms with Crippen LogP contribution in [0.25, 0.3) is 11.3 Å². The van der Waals surface area contributed by atoms with Gasteiger partial charge in [-0.15, -0.1) is 0 Å². The molecular formula is C21H33N3O. The first-order valence-corrected chi connectivity index (χ1v) is 9.86. The van der Waals surface area contributed by atoms with Gasteiger partial charge in [-0.1, -0.05) is 76.6 Å². The van der Waals surface area contributed by atoms with Crippen molar-refractivity contribution in [2.75, 3.05) is 6.61 Å². The number of nitrogens with one attached hydrogen (secondary N) is 1. The van der Waals surface area contributed by atoms with Crippen molar-refractivity contribution in [1.82, 2.24) is 15.4 Å². The van der Waals surface area contributed by atoms with Crippen molar-refractivity contribution < 1.29 is 4.74 Å². The number of hydrogen-bond donors (Lipinski definition) is 1. The van der Waals surface area contributed by atoms with Crippen LogP contribution in [0.3, 0.4) is 0 Å². The Morgan fingerprint density at radius 3 is 2.48 bits per heavy atom. The molecule has 4 nitrogen and oxygen atoms in total. The van der Waals surface area contributed by atoms with E-state index in [9.17, 15) is 0 Å². The second kappa shape index (κ2) is 11.0. The molecule has 0 amide bonds. The van der Waals surface area contributed by atoms with Gasteiger partial charge in [-0.05, 0) is 25.3 Å². The Hall–Kier alpha value is -1.68. The molecule has 2 aromatic rings. The van der Waals surface area contributed by atoms with Gasteiger partial charge < -0.3 is 4.74 Å². The molecule has 25 heavy (non-hydrogen) atoms. The number of ether oxygens (including phenoxy) is 1.